The summed E-state index contributed by atoms with van der Waals surface area (Å²) in [5.74, 6) is 0. The van der Waals surface area contributed by atoms with Crippen LogP contribution in [-0.2, 0) is 0 Å². The van der Waals surface area contributed by atoms with Crippen LogP contribution in [0.15, 0.2) is 65.5 Å². The van der Waals surface area contributed by atoms with E-state index in [2.05, 4.69) is 16.4 Å². The van der Waals surface area contributed by atoms with E-state index in [1.807, 2.05) is 6.07 Å². The van der Waals surface area contributed by atoms with E-state index >= 15 is 0 Å². The number of nitriles is 1. The Bertz CT molecular complexity index is 833. The zero-order valence-electron chi connectivity index (χ0n) is 11.4. The van der Waals surface area contributed by atoms with Crippen molar-refractivity contribution in [3.05, 3.63) is 66.7 Å². The molecule has 3 aromatic rings. The van der Waals surface area contributed by atoms with Gasteiger partial charge >= 0.3 is 12.0 Å². The van der Waals surface area contributed by atoms with Gasteiger partial charge in [-0.15, -0.1) is 0 Å². The number of oxazole rings is 1. The molecule has 0 radical (unpaired) electrons. The second-order valence-corrected chi connectivity index (χ2v) is 4.44. The van der Waals surface area contributed by atoms with Gasteiger partial charge in [0.25, 0.3) is 0 Å². The second kappa shape index (κ2) is 5.89. The molecule has 106 valence electrons. The average Bonchev–Trinajstić information content (AvgIpc) is 3.04. The van der Waals surface area contributed by atoms with Gasteiger partial charge in [-0.1, -0.05) is 18.2 Å². The Morgan fingerprint density at radius 3 is 2.59 bits per heavy atom. The molecule has 6 heteroatoms. The van der Waals surface area contributed by atoms with Gasteiger partial charge in [0.2, 0.25) is 0 Å². The molecular formula is C16H11N4O2+. The van der Waals surface area contributed by atoms with E-state index in [1.165, 1.54) is 10.8 Å². The van der Waals surface area contributed by atoms with Crippen LogP contribution in [-0.4, -0.2) is 11.0 Å². The van der Waals surface area contributed by atoms with Crippen LogP contribution in [0.25, 0.3) is 11.3 Å². The van der Waals surface area contributed by atoms with Crippen LogP contribution in [0.1, 0.15) is 5.56 Å². The number of carbonyl (C=O) groups is 1. The number of aromatic nitrogens is 2. The highest BCUT2D eigenvalue weighted by Gasteiger charge is 2.18. The third-order valence-corrected chi connectivity index (χ3v) is 2.98. The third kappa shape index (κ3) is 2.83. The number of benzene rings is 1. The molecule has 0 spiro atoms. The van der Waals surface area contributed by atoms with Gasteiger partial charge in [-0.25, -0.2) is 0 Å². The monoisotopic (exact) mass is 291 g/mol. The van der Waals surface area contributed by atoms with Crippen molar-refractivity contribution in [3.8, 4) is 17.3 Å². The predicted molar refractivity (Wildman–Crippen MR) is 77.7 cm³/mol. The Kier molecular flexibility index (Phi) is 3.62. The predicted octanol–water partition coefficient (Wildman–Crippen LogP) is 2.58. The van der Waals surface area contributed by atoms with Gasteiger partial charge in [0.1, 0.15) is 12.0 Å². The molecule has 2 heterocycles. The van der Waals surface area contributed by atoms with Crippen molar-refractivity contribution in [3.63, 3.8) is 0 Å². The Labute approximate surface area is 126 Å². The molecule has 0 aliphatic carbocycles. The first-order chi connectivity index (χ1) is 10.8. The summed E-state index contributed by atoms with van der Waals surface area (Å²) in [5, 5.41) is 11.3. The first-order valence-corrected chi connectivity index (χ1v) is 6.50. The highest BCUT2D eigenvalue weighted by molar-refractivity contribution is 5.79. The number of rotatable bonds is 2. The van der Waals surface area contributed by atoms with Crippen molar-refractivity contribution >= 4 is 12.0 Å². The van der Waals surface area contributed by atoms with E-state index in [0.717, 1.165) is 5.56 Å². The van der Waals surface area contributed by atoms with Crippen molar-refractivity contribution in [2.75, 3.05) is 5.32 Å². The molecule has 0 atom stereocenters. The van der Waals surface area contributed by atoms with Crippen molar-refractivity contribution in [2.45, 2.75) is 0 Å². The summed E-state index contributed by atoms with van der Waals surface area (Å²) in [6.45, 7) is 0. The number of anilines is 1. The molecular weight excluding hydrogens is 280 g/mol. The molecule has 0 saturated heterocycles. The van der Waals surface area contributed by atoms with Gasteiger partial charge in [0, 0.05) is 5.56 Å². The maximum absolute atomic E-state index is 12.0. The van der Waals surface area contributed by atoms with Gasteiger partial charge in [-0.2, -0.15) is 24.9 Å². The van der Waals surface area contributed by atoms with Crippen LogP contribution < -0.4 is 9.88 Å². The molecule has 0 saturated carbocycles. The minimum Gasteiger partial charge on any atom is -0.414 e. The molecule has 1 amide bonds. The van der Waals surface area contributed by atoms with Crippen molar-refractivity contribution in [2.24, 2.45) is 0 Å². The van der Waals surface area contributed by atoms with E-state index in [4.69, 9.17) is 9.68 Å². The van der Waals surface area contributed by atoms with Crippen LogP contribution >= 0.6 is 0 Å². The van der Waals surface area contributed by atoms with Crippen LogP contribution in [0.5, 0.6) is 0 Å². The number of carbonyl (C=O) groups excluding carboxylic acids is 1. The number of hydrogen-bond donors (Lipinski definition) is 1. The maximum Gasteiger partial charge on any atom is 0.504 e. The van der Waals surface area contributed by atoms with E-state index in [-0.39, 0.29) is 12.0 Å². The number of amides is 1. The minimum atomic E-state index is -0.367. The van der Waals surface area contributed by atoms with Gasteiger partial charge in [0.15, 0.2) is 0 Å². The van der Waals surface area contributed by atoms with Crippen molar-refractivity contribution < 1.29 is 13.8 Å². The lowest BCUT2D eigenvalue weighted by molar-refractivity contribution is -0.567. The Morgan fingerprint density at radius 1 is 1.18 bits per heavy atom. The standard InChI is InChI=1S/C16H10N4O2/c17-10-12-4-6-13(7-5-12)14-11-22-15(18-14)19-16(21)20-8-2-1-3-9-20/h1-9,11H/p+1. The quantitative estimate of drug-likeness (QED) is 0.736. The molecule has 0 fully saturated rings. The van der Waals surface area contributed by atoms with Crippen molar-refractivity contribution in [1.82, 2.24) is 4.98 Å². The molecule has 22 heavy (non-hydrogen) atoms. The molecule has 6 nitrogen and oxygen atoms in total. The largest absolute Gasteiger partial charge is 0.504 e. The Morgan fingerprint density at radius 2 is 1.91 bits per heavy atom. The lowest BCUT2D eigenvalue weighted by Crippen LogP contribution is -2.45. The Hall–Kier alpha value is -3.46. The number of hydrogen-bond acceptors (Lipinski definition) is 4. The van der Waals surface area contributed by atoms with E-state index in [1.54, 1.807) is 48.8 Å². The number of nitrogens with one attached hydrogen (secondary N) is 1. The highest BCUT2D eigenvalue weighted by atomic mass is 16.4. The summed E-state index contributed by atoms with van der Waals surface area (Å²) >= 11 is 0. The second-order valence-electron chi connectivity index (χ2n) is 4.44. The normalized spacial score (nSPS) is 9.95. The molecule has 0 aliphatic rings. The fraction of sp³-hybridized carbons (Fsp3) is 0. The van der Waals surface area contributed by atoms with Gasteiger partial charge < -0.3 is 4.42 Å². The minimum absolute atomic E-state index is 0.112. The fourth-order valence-corrected chi connectivity index (χ4v) is 1.87. The smallest absolute Gasteiger partial charge is 0.414 e. The average molecular weight is 291 g/mol. The first-order valence-electron chi connectivity index (χ1n) is 6.50. The molecule has 1 aromatic carbocycles. The zero-order chi connectivity index (χ0) is 15.4. The molecule has 0 unspecified atom stereocenters. The molecule has 2 aromatic heterocycles. The molecule has 0 aliphatic heterocycles. The van der Waals surface area contributed by atoms with E-state index in [9.17, 15) is 4.79 Å². The highest BCUT2D eigenvalue weighted by Crippen LogP contribution is 2.20. The van der Waals surface area contributed by atoms with Gasteiger partial charge in [-0.3, -0.25) is 0 Å². The van der Waals surface area contributed by atoms with Crippen LogP contribution in [0.2, 0.25) is 0 Å². The zero-order valence-corrected chi connectivity index (χ0v) is 11.4. The molecule has 0 bridgehead atoms. The van der Waals surface area contributed by atoms with Gasteiger partial charge in [0.05, 0.1) is 24.0 Å². The number of pyridine rings is 1. The summed E-state index contributed by atoms with van der Waals surface area (Å²) < 4.78 is 6.63. The molecule has 1 N–H and O–H groups in total. The molecule has 3 rings (SSSR count). The lowest BCUT2D eigenvalue weighted by Gasteiger charge is -1.95. The number of nitrogens with zero attached hydrogens (tertiary/aromatic N) is 3. The van der Waals surface area contributed by atoms with Gasteiger partial charge in [-0.05, 0) is 24.3 Å². The maximum atomic E-state index is 12.0. The lowest BCUT2D eigenvalue weighted by atomic mass is 10.1. The third-order valence-electron chi connectivity index (χ3n) is 2.98. The van der Waals surface area contributed by atoms with Crippen molar-refractivity contribution in [1.29, 1.82) is 5.26 Å². The van der Waals surface area contributed by atoms with E-state index in [0.29, 0.717) is 11.3 Å². The van der Waals surface area contributed by atoms with Crippen LogP contribution in [0.3, 0.4) is 0 Å². The SMILES string of the molecule is N#Cc1ccc(-c2coc(NC(=O)[n+]3ccccc3)n2)cc1. The summed E-state index contributed by atoms with van der Waals surface area (Å²) in [6.07, 6.45) is 4.70. The van der Waals surface area contributed by atoms with E-state index < -0.39 is 0 Å². The van der Waals surface area contributed by atoms with Crippen LogP contribution in [0.4, 0.5) is 10.8 Å². The summed E-state index contributed by atoms with van der Waals surface area (Å²) in [4.78, 5) is 16.2. The topological polar surface area (TPSA) is 82.8 Å². The fourth-order valence-electron chi connectivity index (χ4n) is 1.87. The van der Waals surface area contributed by atoms with Crippen LogP contribution in [0, 0.1) is 11.3 Å². The summed E-state index contributed by atoms with van der Waals surface area (Å²) in [5.41, 5.74) is 1.95. The Balaban J connectivity index is 1.76. The first kappa shape index (κ1) is 13.5. The summed E-state index contributed by atoms with van der Waals surface area (Å²) in [6, 6.07) is 14.0. The summed E-state index contributed by atoms with van der Waals surface area (Å²) in [7, 11) is 0.